The first kappa shape index (κ1) is 25.2. The fourth-order valence-electron chi connectivity index (χ4n) is 4.21. The van der Waals surface area contributed by atoms with Crippen molar-refractivity contribution in [1.82, 2.24) is 19.1 Å². The molecule has 0 saturated carbocycles. The lowest BCUT2D eigenvalue weighted by Crippen LogP contribution is -2.34. The molecule has 0 amide bonds. The van der Waals surface area contributed by atoms with Gasteiger partial charge in [0.05, 0.1) is 30.2 Å². The predicted molar refractivity (Wildman–Crippen MR) is 142 cm³/mol. The van der Waals surface area contributed by atoms with Crippen molar-refractivity contribution in [2.75, 3.05) is 19.5 Å². The van der Waals surface area contributed by atoms with Gasteiger partial charge in [-0.3, -0.25) is 0 Å². The minimum atomic E-state index is -1.08. The summed E-state index contributed by atoms with van der Waals surface area (Å²) in [6.07, 6.45) is 9.11. The molecule has 10 heteroatoms. The topological polar surface area (TPSA) is 63.3 Å². The van der Waals surface area contributed by atoms with E-state index < -0.39 is 5.79 Å². The van der Waals surface area contributed by atoms with Crippen LogP contribution >= 0.6 is 35.0 Å². The third-order valence-corrected chi connectivity index (χ3v) is 7.24. The Kier molecular flexibility index (Phi) is 7.60. The first-order chi connectivity index (χ1) is 17.5. The van der Waals surface area contributed by atoms with Crippen molar-refractivity contribution >= 4 is 35.0 Å². The Morgan fingerprint density at radius 1 is 1.19 bits per heavy atom. The number of rotatable bonds is 9. The molecule has 2 unspecified atom stereocenters. The van der Waals surface area contributed by atoms with Crippen LogP contribution in [-0.2, 0) is 28.4 Å². The zero-order valence-corrected chi connectivity index (χ0v) is 22.3. The molecule has 0 bridgehead atoms. The normalized spacial score (nSPS) is 19.6. The van der Waals surface area contributed by atoms with Gasteiger partial charge in [0.25, 0.3) is 0 Å². The van der Waals surface area contributed by atoms with E-state index in [-0.39, 0.29) is 6.10 Å². The summed E-state index contributed by atoms with van der Waals surface area (Å²) in [7, 11) is 0. The SMILES string of the molecule is CCn1cc(-c2ccc(OCC3COC(Cn4ccnc4)(c4ccc(Cl)cc4Cl)O3)cc2)nc1SC. The maximum atomic E-state index is 6.55. The number of halogens is 2. The van der Waals surface area contributed by atoms with Crippen molar-refractivity contribution in [1.29, 1.82) is 0 Å². The minimum absolute atomic E-state index is 0.288. The number of hydrogen-bond acceptors (Lipinski definition) is 6. The van der Waals surface area contributed by atoms with Crippen LogP contribution in [0, 0.1) is 0 Å². The summed E-state index contributed by atoms with van der Waals surface area (Å²) in [6, 6.07) is 13.2. The van der Waals surface area contributed by atoms with Gasteiger partial charge in [-0.25, -0.2) is 9.97 Å². The van der Waals surface area contributed by atoms with Crippen molar-refractivity contribution < 1.29 is 14.2 Å². The third kappa shape index (κ3) is 5.28. The number of aromatic nitrogens is 4. The van der Waals surface area contributed by atoms with Gasteiger partial charge in [-0.05, 0) is 49.6 Å². The second kappa shape index (κ2) is 10.9. The van der Waals surface area contributed by atoms with Gasteiger partial charge in [0, 0.05) is 41.3 Å². The van der Waals surface area contributed by atoms with Crippen LogP contribution in [0.4, 0.5) is 0 Å². The fraction of sp³-hybridized carbons (Fsp3) is 0.308. The first-order valence-corrected chi connectivity index (χ1v) is 13.5. The molecule has 0 N–H and O–H groups in total. The molecule has 0 spiro atoms. The molecule has 7 nitrogen and oxygen atoms in total. The summed E-state index contributed by atoms with van der Waals surface area (Å²) in [5, 5.41) is 2.04. The summed E-state index contributed by atoms with van der Waals surface area (Å²) in [4.78, 5) is 8.85. The van der Waals surface area contributed by atoms with E-state index in [0.717, 1.165) is 28.7 Å². The molecule has 2 aromatic heterocycles. The Hall–Kier alpha value is -2.49. The molecule has 1 aliphatic rings. The van der Waals surface area contributed by atoms with Crippen LogP contribution in [0.5, 0.6) is 5.75 Å². The molecule has 4 aromatic rings. The lowest BCUT2D eigenvalue weighted by Gasteiger charge is -2.30. The average Bonchev–Trinajstić information content (AvgIpc) is 3.63. The third-order valence-electron chi connectivity index (χ3n) is 6.00. The van der Waals surface area contributed by atoms with E-state index in [1.54, 1.807) is 36.4 Å². The van der Waals surface area contributed by atoms with Crippen LogP contribution in [0.3, 0.4) is 0 Å². The van der Waals surface area contributed by atoms with Crippen LogP contribution in [0.15, 0.2) is 72.5 Å². The van der Waals surface area contributed by atoms with E-state index in [4.69, 9.17) is 42.4 Å². The smallest absolute Gasteiger partial charge is 0.215 e. The van der Waals surface area contributed by atoms with Crippen LogP contribution in [-0.4, -0.2) is 44.7 Å². The lowest BCUT2D eigenvalue weighted by atomic mass is 10.1. The summed E-state index contributed by atoms with van der Waals surface area (Å²) in [5.41, 5.74) is 2.71. The molecule has 1 fully saturated rings. The number of benzene rings is 2. The Bertz CT molecular complexity index is 1290. The van der Waals surface area contributed by atoms with E-state index in [9.17, 15) is 0 Å². The number of ether oxygens (including phenoxy) is 3. The molecular weight excluding hydrogens is 519 g/mol. The van der Waals surface area contributed by atoms with E-state index in [1.807, 2.05) is 47.4 Å². The van der Waals surface area contributed by atoms with Crippen LogP contribution in [0.2, 0.25) is 10.0 Å². The average molecular weight is 545 g/mol. The van der Waals surface area contributed by atoms with E-state index in [0.29, 0.717) is 35.4 Å². The minimum Gasteiger partial charge on any atom is -0.491 e. The molecule has 1 saturated heterocycles. The zero-order valence-electron chi connectivity index (χ0n) is 19.9. The molecule has 3 heterocycles. The molecule has 5 rings (SSSR count). The van der Waals surface area contributed by atoms with Crippen LogP contribution in [0.25, 0.3) is 11.3 Å². The molecule has 2 atom stereocenters. The van der Waals surface area contributed by atoms with Gasteiger partial charge in [0.15, 0.2) is 5.16 Å². The maximum absolute atomic E-state index is 6.55. The maximum Gasteiger partial charge on any atom is 0.215 e. The largest absolute Gasteiger partial charge is 0.491 e. The van der Waals surface area contributed by atoms with Crippen LogP contribution in [0.1, 0.15) is 12.5 Å². The second-order valence-electron chi connectivity index (χ2n) is 8.40. The summed E-state index contributed by atoms with van der Waals surface area (Å²) in [5.74, 6) is -0.327. The van der Waals surface area contributed by atoms with Gasteiger partial charge in [0.1, 0.15) is 18.5 Å². The van der Waals surface area contributed by atoms with E-state index >= 15 is 0 Å². The Balaban J connectivity index is 1.28. The monoisotopic (exact) mass is 544 g/mol. The Labute approximate surface area is 224 Å². The predicted octanol–water partition coefficient (Wildman–Crippen LogP) is 6.14. The lowest BCUT2D eigenvalue weighted by molar-refractivity contribution is -0.189. The molecule has 0 aliphatic carbocycles. The number of thioether (sulfide) groups is 1. The summed E-state index contributed by atoms with van der Waals surface area (Å²) >= 11 is 14.3. The summed E-state index contributed by atoms with van der Waals surface area (Å²) < 4.78 is 22.8. The second-order valence-corrected chi connectivity index (χ2v) is 10.0. The molecule has 36 heavy (non-hydrogen) atoms. The highest BCUT2D eigenvalue weighted by Gasteiger charge is 2.45. The Morgan fingerprint density at radius 3 is 2.69 bits per heavy atom. The highest BCUT2D eigenvalue weighted by atomic mass is 35.5. The van der Waals surface area contributed by atoms with Crippen molar-refractivity contribution in [3.63, 3.8) is 0 Å². The molecule has 188 valence electrons. The standard InChI is InChI=1S/C26H26Cl2N4O3S/c1-3-32-13-24(30-25(32)36-2)18-4-7-20(8-5-18)33-14-21-15-34-26(35-21,16-31-11-10-29-17-31)22-9-6-19(27)12-23(22)28/h4-13,17,21H,3,14-16H2,1-2H3. The number of imidazole rings is 2. The highest BCUT2D eigenvalue weighted by Crippen LogP contribution is 2.40. The summed E-state index contributed by atoms with van der Waals surface area (Å²) in [6.45, 7) is 4.08. The molecule has 1 aliphatic heterocycles. The van der Waals surface area contributed by atoms with Gasteiger partial charge in [-0.1, -0.05) is 41.0 Å². The van der Waals surface area contributed by atoms with Crippen molar-refractivity contribution in [2.24, 2.45) is 0 Å². The highest BCUT2D eigenvalue weighted by molar-refractivity contribution is 7.98. The van der Waals surface area contributed by atoms with Gasteiger partial charge in [0.2, 0.25) is 5.79 Å². The quantitative estimate of drug-likeness (QED) is 0.236. The molecule has 0 radical (unpaired) electrons. The van der Waals surface area contributed by atoms with Gasteiger partial charge >= 0.3 is 0 Å². The number of aryl methyl sites for hydroxylation is 1. The molecular formula is C26H26Cl2N4O3S. The van der Waals surface area contributed by atoms with Crippen molar-refractivity contribution in [3.05, 3.63) is 83.0 Å². The molecule has 2 aromatic carbocycles. The zero-order chi connectivity index (χ0) is 25.1. The van der Waals surface area contributed by atoms with Gasteiger partial charge in [-0.2, -0.15) is 0 Å². The Morgan fingerprint density at radius 2 is 2.03 bits per heavy atom. The van der Waals surface area contributed by atoms with Gasteiger partial charge in [-0.15, -0.1) is 0 Å². The van der Waals surface area contributed by atoms with E-state index in [2.05, 4.69) is 22.7 Å². The number of nitrogens with zero attached hydrogens (tertiary/aromatic N) is 4. The first-order valence-electron chi connectivity index (χ1n) is 11.6. The van der Waals surface area contributed by atoms with Gasteiger partial charge < -0.3 is 23.3 Å². The number of hydrogen-bond donors (Lipinski definition) is 0. The van der Waals surface area contributed by atoms with Crippen LogP contribution < -0.4 is 4.74 Å². The van der Waals surface area contributed by atoms with E-state index in [1.165, 1.54) is 0 Å². The van der Waals surface area contributed by atoms with Crippen molar-refractivity contribution in [2.45, 2.75) is 37.1 Å². The fourth-order valence-corrected chi connectivity index (χ4v) is 5.37. The van der Waals surface area contributed by atoms with Crippen molar-refractivity contribution in [3.8, 4) is 17.0 Å².